The Balaban J connectivity index is 3.43. The van der Waals surface area contributed by atoms with E-state index >= 15 is 0 Å². The van der Waals surface area contributed by atoms with Crippen LogP contribution in [0.4, 0.5) is 0 Å². The van der Waals surface area contributed by atoms with E-state index in [1.165, 1.54) is 199 Å². The number of hydrogen-bond acceptors (Lipinski definition) is 5. The Morgan fingerprint density at radius 1 is 0.459 bits per heavy atom. The molecule has 0 aliphatic rings. The number of nitrogens with one attached hydrogen (secondary N) is 1. The van der Waals surface area contributed by atoms with E-state index in [0.29, 0.717) is 25.9 Å². The number of unbranched alkanes of at least 4 members (excludes halogenated alkanes) is 35. The summed E-state index contributed by atoms with van der Waals surface area (Å²) in [4.78, 5) is 24.5. The predicted molar refractivity (Wildman–Crippen MR) is 264 cm³/mol. The van der Waals surface area contributed by atoms with E-state index in [4.69, 9.17) is 4.74 Å². The van der Waals surface area contributed by atoms with E-state index in [0.717, 1.165) is 57.8 Å². The normalized spacial score (nSPS) is 12.8. The first-order valence-corrected chi connectivity index (χ1v) is 27.1. The summed E-state index contributed by atoms with van der Waals surface area (Å²) in [6.45, 7) is 4.90. The van der Waals surface area contributed by atoms with Gasteiger partial charge in [-0.2, -0.15) is 0 Å². The Hall–Kier alpha value is -1.66. The third kappa shape index (κ3) is 47.7. The van der Waals surface area contributed by atoms with E-state index in [9.17, 15) is 19.8 Å². The van der Waals surface area contributed by atoms with Crippen LogP contribution in [0.25, 0.3) is 0 Å². The summed E-state index contributed by atoms with van der Waals surface area (Å²) >= 11 is 0. The standard InChI is InChI=1S/C55H105NO5/c1-3-5-7-9-11-13-15-17-18-19-20-25-29-33-37-41-45-49-55(60)61-50-46-42-38-34-30-26-22-21-24-28-32-36-40-44-48-54(59)56-52(51-57)53(58)47-43-39-35-31-27-23-16-14-12-10-8-6-4-2/h11,13,17-18,52-53,57-58H,3-10,12,14-16,19-51H2,1-2H3,(H,56,59)/b13-11-,18-17-. The van der Waals surface area contributed by atoms with Gasteiger partial charge < -0.3 is 20.3 Å². The highest BCUT2D eigenvalue weighted by molar-refractivity contribution is 5.76. The molecule has 6 heteroatoms. The van der Waals surface area contributed by atoms with Crippen LogP contribution >= 0.6 is 0 Å². The lowest BCUT2D eigenvalue weighted by Crippen LogP contribution is -2.45. The fourth-order valence-electron chi connectivity index (χ4n) is 8.32. The van der Waals surface area contributed by atoms with Gasteiger partial charge in [-0.3, -0.25) is 9.59 Å². The number of aliphatic hydroxyl groups is 2. The lowest BCUT2D eigenvalue weighted by atomic mass is 10.0. The number of allylic oxidation sites excluding steroid dienone is 4. The molecule has 2 atom stereocenters. The number of amides is 1. The van der Waals surface area contributed by atoms with E-state index in [1.54, 1.807) is 0 Å². The number of rotatable bonds is 50. The summed E-state index contributed by atoms with van der Waals surface area (Å²) in [5, 5.41) is 23.2. The second kappa shape index (κ2) is 51.0. The maximum absolute atomic E-state index is 12.4. The number of aliphatic hydroxyl groups excluding tert-OH is 2. The molecule has 6 nitrogen and oxygen atoms in total. The Bertz CT molecular complexity index is 951. The Labute approximate surface area is 380 Å². The second-order valence-corrected chi connectivity index (χ2v) is 18.6. The number of hydrogen-bond donors (Lipinski definition) is 3. The largest absolute Gasteiger partial charge is 0.466 e. The summed E-state index contributed by atoms with van der Waals surface area (Å²) in [5.74, 6) is -0.0555. The van der Waals surface area contributed by atoms with Gasteiger partial charge in [0.05, 0.1) is 25.4 Å². The van der Waals surface area contributed by atoms with Crippen molar-refractivity contribution in [2.45, 2.75) is 302 Å². The molecule has 61 heavy (non-hydrogen) atoms. The van der Waals surface area contributed by atoms with Gasteiger partial charge in [0.1, 0.15) is 0 Å². The number of carbonyl (C=O) groups is 2. The molecule has 1 amide bonds. The highest BCUT2D eigenvalue weighted by atomic mass is 16.5. The van der Waals surface area contributed by atoms with Crippen LogP contribution in [0, 0.1) is 0 Å². The minimum absolute atomic E-state index is 0.00987. The van der Waals surface area contributed by atoms with Crippen LogP contribution < -0.4 is 5.32 Å². The summed E-state index contributed by atoms with van der Waals surface area (Å²) in [7, 11) is 0. The van der Waals surface area contributed by atoms with Gasteiger partial charge >= 0.3 is 5.97 Å². The highest BCUT2D eigenvalue weighted by Gasteiger charge is 2.20. The van der Waals surface area contributed by atoms with Crippen molar-refractivity contribution in [1.82, 2.24) is 5.32 Å². The van der Waals surface area contributed by atoms with Gasteiger partial charge in [-0.05, 0) is 57.8 Å². The fraction of sp³-hybridized carbons (Fsp3) is 0.891. The van der Waals surface area contributed by atoms with E-state index in [-0.39, 0.29) is 18.5 Å². The number of ether oxygens (including phenoxy) is 1. The maximum Gasteiger partial charge on any atom is 0.305 e. The van der Waals surface area contributed by atoms with Gasteiger partial charge in [0.2, 0.25) is 5.91 Å². The highest BCUT2D eigenvalue weighted by Crippen LogP contribution is 2.17. The van der Waals surface area contributed by atoms with Gasteiger partial charge in [0, 0.05) is 12.8 Å². The fourth-order valence-corrected chi connectivity index (χ4v) is 8.32. The Kier molecular flexibility index (Phi) is 49.6. The molecular weight excluding hydrogens is 755 g/mol. The Morgan fingerprint density at radius 2 is 0.820 bits per heavy atom. The Morgan fingerprint density at radius 3 is 1.28 bits per heavy atom. The van der Waals surface area contributed by atoms with Crippen LogP contribution in [0.2, 0.25) is 0 Å². The molecule has 360 valence electrons. The molecule has 3 N–H and O–H groups in total. The van der Waals surface area contributed by atoms with Gasteiger partial charge in [-0.15, -0.1) is 0 Å². The first-order chi connectivity index (χ1) is 30.0. The quantitative estimate of drug-likeness (QED) is 0.0322. The van der Waals surface area contributed by atoms with Crippen LogP contribution in [-0.2, 0) is 14.3 Å². The zero-order chi connectivity index (χ0) is 44.4. The molecule has 0 radical (unpaired) electrons. The summed E-state index contributed by atoms with van der Waals surface area (Å²) < 4.78 is 5.47. The van der Waals surface area contributed by atoms with Crippen molar-refractivity contribution in [1.29, 1.82) is 0 Å². The summed E-state index contributed by atoms with van der Waals surface area (Å²) in [6, 6.07) is -0.549. The molecular formula is C55H105NO5. The molecule has 0 heterocycles. The first-order valence-electron chi connectivity index (χ1n) is 27.1. The molecule has 0 spiro atoms. The molecule has 0 aliphatic carbocycles. The SMILES string of the molecule is CCCCC/C=C\C/C=C\CCCCCCCCCC(=O)OCCCCCCCCCCCCCCCCC(=O)NC(CO)C(O)CCCCCCCCCCCCCCC. The molecule has 0 rings (SSSR count). The topological polar surface area (TPSA) is 95.9 Å². The molecule has 0 aromatic rings. The molecule has 0 aromatic carbocycles. The van der Waals surface area contributed by atoms with Gasteiger partial charge in [-0.25, -0.2) is 0 Å². The molecule has 0 saturated heterocycles. The number of esters is 1. The van der Waals surface area contributed by atoms with Crippen molar-refractivity contribution < 1.29 is 24.5 Å². The maximum atomic E-state index is 12.4. The van der Waals surface area contributed by atoms with Crippen molar-refractivity contribution in [3.05, 3.63) is 24.3 Å². The van der Waals surface area contributed by atoms with Crippen molar-refractivity contribution in [3.8, 4) is 0 Å². The van der Waals surface area contributed by atoms with E-state index in [2.05, 4.69) is 43.5 Å². The molecule has 2 unspecified atom stereocenters. The molecule has 0 fully saturated rings. The van der Waals surface area contributed by atoms with Gasteiger partial charge in [0.15, 0.2) is 0 Å². The lowest BCUT2D eigenvalue weighted by molar-refractivity contribution is -0.143. The molecule has 0 aliphatic heterocycles. The molecule has 0 bridgehead atoms. The van der Waals surface area contributed by atoms with Crippen LogP contribution in [-0.4, -0.2) is 47.4 Å². The minimum Gasteiger partial charge on any atom is -0.466 e. The summed E-state index contributed by atoms with van der Waals surface area (Å²) in [5.41, 5.74) is 0. The van der Waals surface area contributed by atoms with Crippen molar-refractivity contribution in [2.75, 3.05) is 13.2 Å². The van der Waals surface area contributed by atoms with Crippen LogP contribution in [0.1, 0.15) is 290 Å². The van der Waals surface area contributed by atoms with Gasteiger partial charge in [-0.1, -0.05) is 244 Å². The third-order valence-corrected chi connectivity index (χ3v) is 12.5. The monoisotopic (exact) mass is 860 g/mol. The third-order valence-electron chi connectivity index (χ3n) is 12.5. The second-order valence-electron chi connectivity index (χ2n) is 18.6. The molecule has 0 saturated carbocycles. The van der Waals surface area contributed by atoms with Crippen LogP contribution in [0.3, 0.4) is 0 Å². The van der Waals surface area contributed by atoms with E-state index in [1.807, 2.05) is 0 Å². The van der Waals surface area contributed by atoms with Crippen molar-refractivity contribution >= 4 is 11.9 Å². The molecule has 0 aromatic heterocycles. The van der Waals surface area contributed by atoms with Crippen LogP contribution in [0.5, 0.6) is 0 Å². The minimum atomic E-state index is -0.670. The zero-order valence-electron chi connectivity index (χ0n) is 40.9. The predicted octanol–water partition coefficient (Wildman–Crippen LogP) is 16.3. The van der Waals surface area contributed by atoms with E-state index < -0.39 is 12.1 Å². The average molecular weight is 860 g/mol. The van der Waals surface area contributed by atoms with Crippen molar-refractivity contribution in [2.24, 2.45) is 0 Å². The zero-order valence-corrected chi connectivity index (χ0v) is 40.9. The summed E-state index contributed by atoms with van der Waals surface area (Å²) in [6.07, 6.45) is 60.0. The first kappa shape index (κ1) is 59.3. The van der Waals surface area contributed by atoms with Gasteiger partial charge in [0.25, 0.3) is 0 Å². The smallest absolute Gasteiger partial charge is 0.305 e. The lowest BCUT2D eigenvalue weighted by Gasteiger charge is -2.22. The number of carbonyl (C=O) groups excluding carboxylic acids is 2. The van der Waals surface area contributed by atoms with Crippen molar-refractivity contribution in [3.63, 3.8) is 0 Å². The van der Waals surface area contributed by atoms with Crippen LogP contribution in [0.15, 0.2) is 24.3 Å². The average Bonchev–Trinajstić information content (AvgIpc) is 3.26.